The van der Waals surface area contributed by atoms with Crippen molar-refractivity contribution < 1.29 is 5.11 Å². The van der Waals surface area contributed by atoms with Crippen LogP contribution in [0.2, 0.25) is 0 Å². The molecule has 0 aromatic carbocycles. The van der Waals surface area contributed by atoms with Gasteiger partial charge in [-0.05, 0) is 25.3 Å². The number of hydrogen-bond acceptors (Lipinski definition) is 5. The van der Waals surface area contributed by atoms with Crippen molar-refractivity contribution in [1.29, 1.82) is 0 Å². The Hall–Kier alpha value is -1.34. The maximum atomic E-state index is 9.04. The average molecular weight is 295 g/mol. The lowest BCUT2D eigenvalue weighted by molar-refractivity contribution is 0.266. The van der Waals surface area contributed by atoms with Crippen LogP contribution in [0.4, 0.5) is 0 Å². The number of unbranched alkanes of at least 4 members (excludes halogenated alkanes) is 2. The molecule has 0 fully saturated rings. The first-order chi connectivity index (χ1) is 9.70. The van der Waals surface area contributed by atoms with E-state index in [-0.39, 0.29) is 6.61 Å². The molecule has 0 unspecified atom stereocenters. The molecule has 6 nitrogen and oxygen atoms in total. The molecule has 20 heavy (non-hydrogen) atoms. The molecule has 2 aromatic rings. The highest BCUT2D eigenvalue weighted by Crippen LogP contribution is 2.17. The van der Waals surface area contributed by atoms with E-state index in [2.05, 4.69) is 28.4 Å². The summed E-state index contributed by atoms with van der Waals surface area (Å²) in [6.45, 7) is 2.98. The van der Waals surface area contributed by atoms with Crippen molar-refractivity contribution in [1.82, 2.24) is 24.5 Å². The number of nitrogens with zero attached hydrogens (tertiary/aromatic N) is 5. The van der Waals surface area contributed by atoms with Gasteiger partial charge in [0.2, 0.25) is 0 Å². The minimum Gasteiger partial charge on any atom is -0.388 e. The lowest BCUT2D eigenvalue weighted by Crippen LogP contribution is -1.99. The summed E-state index contributed by atoms with van der Waals surface area (Å²) in [5.41, 5.74) is 1.21. The van der Waals surface area contributed by atoms with Gasteiger partial charge < -0.3 is 9.67 Å². The van der Waals surface area contributed by atoms with E-state index >= 15 is 0 Å². The van der Waals surface area contributed by atoms with Gasteiger partial charge in [-0.15, -0.1) is 10.2 Å². The number of hydrogen-bond donors (Lipinski definition) is 1. The molecule has 0 radical (unpaired) electrons. The zero-order chi connectivity index (χ0) is 14.4. The summed E-state index contributed by atoms with van der Waals surface area (Å²) in [7, 11) is 1.88. The van der Waals surface area contributed by atoms with Crippen molar-refractivity contribution in [3.8, 4) is 0 Å². The van der Waals surface area contributed by atoms with Gasteiger partial charge >= 0.3 is 0 Å². The highest BCUT2D eigenvalue weighted by Gasteiger charge is 2.07. The fraction of sp³-hybridized carbons (Fsp3) is 0.615. The molecule has 0 saturated carbocycles. The fourth-order valence-corrected chi connectivity index (χ4v) is 2.84. The molecule has 0 aliphatic carbocycles. The molecule has 2 rings (SSSR count). The number of aliphatic hydroxyl groups excluding tert-OH is 1. The van der Waals surface area contributed by atoms with Crippen molar-refractivity contribution in [3.05, 3.63) is 23.8 Å². The SMILES string of the molecule is Cc1cnn(CCCCCSc2nnc(CO)n2C)c1. The average Bonchev–Trinajstić information content (AvgIpc) is 3.00. The van der Waals surface area contributed by atoms with Gasteiger partial charge in [-0.3, -0.25) is 4.68 Å². The molecule has 0 bridgehead atoms. The second-order valence-electron chi connectivity index (χ2n) is 4.81. The van der Waals surface area contributed by atoms with Crippen LogP contribution in [0.3, 0.4) is 0 Å². The molecule has 0 saturated heterocycles. The Bertz CT molecular complexity index is 537. The molecule has 110 valence electrons. The maximum absolute atomic E-state index is 9.04. The Labute approximate surface area is 123 Å². The van der Waals surface area contributed by atoms with Gasteiger partial charge in [-0.1, -0.05) is 18.2 Å². The lowest BCUT2D eigenvalue weighted by atomic mass is 10.2. The van der Waals surface area contributed by atoms with E-state index in [9.17, 15) is 0 Å². The van der Waals surface area contributed by atoms with Crippen LogP contribution in [-0.2, 0) is 20.2 Å². The summed E-state index contributed by atoms with van der Waals surface area (Å²) in [6.07, 6.45) is 7.43. The van der Waals surface area contributed by atoms with Crippen LogP contribution in [0, 0.1) is 6.92 Å². The normalized spacial score (nSPS) is 11.2. The molecule has 2 aromatic heterocycles. The van der Waals surface area contributed by atoms with Crippen LogP contribution < -0.4 is 0 Å². The van der Waals surface area contributed by atoms with Crippen LogP contribution >= 0.6 is 11.8 Å². The number of rotatable bonds is 8. The van der Waals surface area contributed by atoms with E-state index in [1.54, 1.807) is 11.8 Å². The summed E-state index contributed by atoms with van der Waals surface area (Å²) in [5, 5.41) is 22.2. The van der Waals surface area contributed by atoms with Crippen LogP contribution in [-0.4, -0.2) is 35.4 Å². The van der Waals surface area contributed by atoms with Crippen LogP contribution in [0.1, 0.15) is 30.7 Å². The Morgan fingerprint density at radius 2 is 2.10 bits per heavy atom. The second-order valence-corrected chi connectivity index (χ2v) is 5.87. The largest absolute Gasteiger partial charge is 0.388 e. The van der Waals surface area contributed by atoms with Gasteiger partial charge in [0.25, 0.3) is 0 Å². The van der Waals surface area contributed by atoms with Crippen LogP contribution in [0.25, 0.3) is 0 Å². The molecular formula is C13H21N5OS. The van der Waals surface area contributed by atoms with Crippen LogP contribution in [0.5, 0.6) is 0 Å². The van der Waals surface area contributed by atoms with Gasteiger partial charge in [0.15, 0.2) is 11.0 Å². The minimum absolute atomic E-state index is 0.0622. The van der Waals surface area contributed by atoms with Gasteiger partial charge in [0, 0.05) is 25.5 Å². The molecule has 0 amide bonds. The van der Waals surface area contributed by atoms with Crippen molar-refractivity contribution in [3.63, 3.8) is 0 Å². The molecule has 0 aliphatic rings. The topological polar surface area (TPSA) is 68.8 Å². The van der Waals surface area contributed by atoms with E-state index in [0.717, 1.165) is 30.3 Å². The molecule has 1 N–H and O–H groups in total. The third-order valence-corrected chi connectivity index (χ3v) is 4.20. The highest BCUT2D eigenvalue weighted by atomic mass is 32.2. The molecule has 2 heterocycles. The third-order valence-electron chi connectivity index (χ3n) is 3.09. The van der Waals surface area contributed by atoms with Crippen molar-refractivity contribution in [2.75, 3.05) is 5.75 Å². The Balaban J connectivity index is 1.60. The summed E-state index contributed by atoms with van der Waals surface area (Å²) < 4.78 is 3.84. The highest BCUT2D eigenvalue weighted by molar-refractivity contribution is 7.99. The Morgan fingerprint density at radius 3 is 2.75 bits per heavy atom. The number of aliphatic hydroxyl groups is 1. The smallest absolute Gasteiger partial charge is 0.191 e. The zero-order valence-electron chi connectivity index (χ0n) is 12.0. The van der Waals surface area contributed by atoms with E-state index in [0.29, 0.717) is 5.82 Å². The monoisotopic (exact) mass is 295 g/mol. The Morgan fingerprint density at radius 1 is 1.25 bits per heavy atom. The molecular weight excluding hydrogens is 274 g/mol. The quantitative estimate of drug-likeness (QED) is 0.594. The Kier molecular flexibility index (Phi) is 5.60. The standard InChI is InChI=1S/C13H21N5OS/c1-11-8-14-18(9-11)6-4-3-5-7-20-13-16-15-12(10-19)17(13)2/h8-9,19H,3-7,10H2,1-2H3. The lowest BCUT2D eigenvalue weighted by Gasteiger charge is -2.03. The summed E-state index contributed by atoms with van der Waals surface area (Å²) in [6, 6.07) is 0. The van der Waals surface area contributed by atoms with Crippen LogP contribution in [0.15, 0.2) is 17.6 Å². The van der Waals surface area contributed by atoms with Crippen molar-refractivity contribution >= 4 is 11.8 Å². The third kappa shape index (κ3) is 4.08. The molecule has 0 spiro atoms. The predicted octanol–water partition coefficient (Wildman–Crippen LogP) is 1.77. The van der Waals surface area contributed by atoms with Crippen molar-refractivity contribution in [2.45, 2.75) is 44.5 Å². The summed E-state index contributed by atoms with van der Waals surface area (Å²) in [5.74, 6) is 1.64. The van der Waals surface area contributed by atoms with Gasteiger partial charge in [0.1, 0.15) is 6.61 Å². The number of aryl methyl sites for hydroxylation is 2. The first-order valence-corrected chi connectivity index (χ1v) is 7.80. The molecule has 0 aliphatic heterocycles. The first kappa shape index (κ1) is 15.1. The zero-order valence-corrected chi connectivity index (χ0v) is 12.8. The fourth-order valence-electron chi connectivity index (χ4n) is 1.91. The van der Waals surface area contributed by atoms with Crippen molar-refractivity contribution in [2.24, 2.45) is 7.05 Å². The van der Waals surface area contributed by atoms with Gasteiger partial charge in [-0.25, -0.2) is 0 Å². The number of aromatic nitrogens is 5. The summed E-state index contributed by atoms with van der Waals surface area (Å²) >= 11 is 1.69. The molecule has 7 heteroatoms. The van der Waals surface area contributed by atoms with Gasteiger partial charge in [0.05, 0.1) is 6.20 Å². The minimum atomic E-state index is -0.0622. The number of thioether (sulfide) groups is 1. The molecule has 0 atom stereocenters. The van der Waals surface area contributed by atoms with Gasteiger partial charge in [-0.2, -0.15) is 5.10 Å². The maximum Gasteiger partial charge on any atom is 0.191 e. The van der Waals surface area contributed by atoms with E-state index in [1.165, 1.54) is 12.0 Å². The van der Waals surface area contributed by atoms with E-state index in [4.69, 9.17) is 5.11 Å². The summed E-state index contributed by atoms with van der Waals surface area (Å²) in [4.78, 5) is 0. The first-order valence-electron chi connectivity index (χ1n) is 6.81. The van der Waals surface area contributed by atoms with E-state index in [1.807, 2.05) is 22.5 Å². The predicted molar refractivity (Wildman–Crippen MR) is 78.5 cm³/mol. The second kappa shape index (κ2) is 7.44. The van der Waals surface area contributed by atoms with E-state index < -0.39 is 0 Å².